The van der Waals surface area contributed by atoms with Gasteiger partial charge in [-0.15, -0.1) is 0 Å². The highest BCUT2D eigenvalue weighted by atomic mass is 16.2. The van der Waals surface area contributed by atoms with E-state index < -0.39 is 11.2 Å². The van der Waals surface area contributed by atoms with Crippen LogP contribution in [0.3, 0.4) is 0 Å². The van der Waals surface area contributed by atoms with Gasteiger partial charge in [-0.3, -0.25) is 24.1 Å². The molecule has 0 saturated heterocycles. The van der Waals surface area contributed by atoms with E-state index >= 15 is 0 Å². The molecule has 7 nitrogen and oxygen atoms in total. The summed E-state index contributed by atoms with van der Waals surface area (Å²) in [5, 5.41) is 2.60. The summed E-state index contributed by atoms with van der Waals surface area (Å²) < 4.78 is 1.11. The first kappa shape index (κ1) is 11.8. The number of H-pyrrole nitrogens is 1. The number of carbonyl (C=O) groups excluding carboxylic acids is 1. The van der Waals surface area contributed by atoms with Crippen LogP contribution in [0.1, 0.15) is 0 Å². The van der Waals surface area contributed by atoms with Gasteiger partial charge in [0.25, 0.3) is 5.56 Å². The Morgan fingerprint density at radius 2 is 2.00 bits per heavy atom. The minimum absolute atomic E-state index is 0.169. The molecule has 18 heavy (non-hydrogen) atoms. The number of hydrogen-bond donors (Lipinski definition) is 2. The van der Waals surface area contributed by atoms with Crippen molar-refractivity contribution < 1.29 is 4.79 Å². The van der Waals surface area contributed by atoms with Crippen molar-refractivity contribution in [2.45, 2.75) is 6.54 Å². The lowest BCUT2D eigenvalue weighted by atomic mass is 10.4. The highest BCUT2D eigenvalue weighted by molar-refractivity contribution is 5.90. The van der Waals surface area contributed by atoms with E-state index in [0.717, 1.165) is 4.57 Å². The van der Waals surface area contributed by atoms with Crippen molar-refractivity contribution in [3.05, 3.63) is 57.6 Å². The number of pyridine rings is 1. The molecule has 2 rings (SSSR count). The molecule has 0 bridgehead atoms. The van der Waals surface area contributed by atoms with Gasteiger partial charge < -0.3 is 5.32 Å². The Labute approximate surface area is 101 Å². The van der Waals surface area contributed by atoms with Crippen LogP contribution in [-0.4, -0.2) is 20.4 Å². The Kier molecular flexibility index (Phi) is 3.33. The zero-order valence-corrected chi connectivity index (χ0v) is 9.29. The molecule has 0 aliphatic rings. The number of aromatic nitrogens is 3. The first-order chi connectivity index (χ1) is 8.65. The molecule has 0 aromatic carbocycles. The molecule has 92 valence electrons. The average Bonchev–Trinajstić information content (AvgIpc) is 2.34. The summed E-state index contributed by atoms with van der Waals surface area (Å²) in [7, 11) is 0. The Morgan fingerprint density at radius 1 is 1.28 bits per heavy atom. The van der Waals surface area contributed by atoms with Crippen molar-refractivity contribution in [3.63, 3.8) is 0 Å². The van der Waals surface area contributed by atoms with Gasteiger partial charge in [0.2, 0.25) is 5.91 Å². The van der Waals surface area contributed by atoms with E-state index in [0.29, 0.717) is 5.69 Å². The van der Waals surface area contributed by atoms with Crippen molar-refractivity contribution in [3.8, 4) is 0 Å². The van der Waals surface area contributed by atoms with Crippen LogP contribution in [0.5, 0.6) is 0 Å². The summed E-state index contributed by atoms with van der Waals surface area (Å²) in [6, 6.07) is 4.45. The molecule has 2 N–H and O–H groups in total. The standard InChI is InChI=1S/C11H10N4O3/c16-9-3-6-15(11(18)14-9)7-10(17)13-8-1-4-12-5-2-8/h1-6H,7H2,(H,12,13,17)(H,14,16,18). The summed E-state index contributed by atoms with van der Waals surface area (Å²) in [6.07, 6.45) is 4.36. The van der Waals surface area contributed by atoms with Gasteiger partial charge in [-0.05, 0) is 12.1 Å². The van der Waals surface area contributed by atoms with Gasteiger partial charge in [0, 0.05) is 30.3 Å². The highest BCUT2D eigenvalue weighted by Crippen LogP contribution is 2.02. The van der Waals surface area contributed by atoms with E-state index in [1.165, 1.54) is 12.3 Å². The molecule has 0 saturated carbocycles. The molecule has 7 heteroatoms. The second kappa shape index (κ2) is 5.09. The summed E-state index contributed by atoms with van der Waals surface area (Å²) >= 11 is 0. The molecular weight excluding hydrogens is 236 g/mol. The lowest BCUT2D eigenvalue weighted by Crippen LogP contribution is -2.32. The molecule has 0 atom stereocenters. The highest BCUT2D eigenvalue weighted by Gasteiger charge is 2.04. The largest absolute Gasteiger partial charge is 0.328 e. The van der Waals surface area contributed by atoms with E-state index in [-0.39, 0.29) is 12.5 Å². The third-order valence-electron chi connectivity index (χ3n) is 2.17. The number of anilines is 1. The number of rotatable bonds is 3. The molecule has 0 aliphatic carbocycles. The summed E-state index contributed by atoms with van der Waals surface area (Å²) in [6.45, 7) is -0.169. The first-order valence-electron chi connectivity index (χ1n) is 5.15. The van der Waals surface area contributed by atoms with Crippen LogP contribution in [0.2, 0.25) is 0 Å². The van der Waals surface area contributed by atoms with Crippen LogP contribution >= 0.6 is 0 Å². The lowest BCUT2D eigenvalue weighted by Gasteiger charge is -2.06. The zero-order chi connectivity index (χ0) is 13.0. The van der Waals surface area contributed by atoms with Crippen LogP contribution in [0.4, 0.5) is 5.69 Å². The number of nitrogens with one attached hydrogen (secondary N) is 2. The Morgan fingerprint density at radius 3 is 2.67 bits per heavy atom. The molecule has 0 unspecified atom stereocenters. The van der Waals surface area contributed by atoms with E-state index in [2.05, 4.69) is 15.3 Å². The fourth-order valence-corrected chi connectivity index (χ4v) is 1.36. The second-order valence-electron chi connectivity index (χ2n) is 3.52. The van der Waals surface area contributed by atoms with Crippen LogP contribution < -0.4 is 16.6 Å². The van der Waals surface area contributed by atoms with Crippen molar-refractivity contribution in [2.75, 3.05) is 5.32 Å². The fourth-order valence-electron chi connectivity index (χ4n) is 1.36. The van der Waals surface area contributed by atoms with Gasteiger partial charge in [0.05, 0.1) is 0 Å². The SMILES string of the molecule is O=C(Cn1ccc(=O)[nH]c1=O)Nc1ccncc1. The summed E-state index contributed by atoms with van der Waals surface area (Å²) in [5.41, 5.74) is -0.523. The minimum atomic E-state index is -0.618. The third kappa shape index (κ3) is 2.91. The van der Waals surface area contributed by atoms with Crippen LogP contribution in [0.25, 0.3) is 0 Å². The normalized spacial score (nSPS) is 10.0. The van der Waals surface area contributed by atoms with E-state index in [9.17, 15) is 14.4 Å². The monoisotopic (exact) mass is 246 g/mol. The molecule has 0 radical (unpaired) electrons. The van der Waals surface area contributed by atoms with Gasteiger partial charge in [-0.2, -0.15) is 0 Å². The molecular formula is C11H10N4O3. The topological polar surface area (TPSA) is 96.9 Å². The molecule has 2 aromatic rings. The smallest absolute Gasteiger partial charge is 0.324 e. The summed E-state index contributed by atoms with van der Waals surface area (Å²) in [4.78, 5) is 39.7. The molecule has 0 aliphatic heterocycles. The zero-order valence-electron chi connectivity index (χ0n) is 9.29. The Hall–Kier alpha value is -2.70. The average molecular weight is 246 g/mol. The quantitative estimate of drug-likeness (QED) is 0.768. The van der Waals surface area contributed by atoms with Crippen molar-refractivity contribution in [1.29, 1.82) is 0 Å². The van der Waals surface area contributed by atoms with Gasteiger partial charge in [0.15, 0.2) is 0 Å². The second-order valence-corrected chi connectivity index (χ2v) is 3.52. The van der Waals surface area contributed by atoms with Gasteiger partial charge in [0.1, 0.15) is 6.54 Å². The van der Waals surface area contributed by atoms with Gasteiger partial charge in [-0.25, -0.2) is 4.79 Å². The Balaban J connectivity index is 2.08. The summed E-state index contributed by atoms with van der Waals surface area (Å²) in [5.74, 6) is -0.365. The van der Waals surface area contributed by atoms with Crippen LogP contribution in [0.15, 0.2) is 46.4 Å². The van der Waals surface area contributed by atoms with Crippen LogP contribution in [-0.2, 0) is 11.3 Å². The van der Waals surface area contributed by atoms with Gasteiger partial charge in [-0.1, -0.05) is 0 Å². The predicted molar refractivity (Wildman–Crippen MR) is 64.2 cm³/mol. The lowest BCUT2D eigenvalue weighted by molar-refractivity contribution is -0.116. The molecule has 0 fully saturated rings. The molecule has 1 amide bonds. The van der Waals surface area contributed by atoms with Crippen molar-refractivity contribution >= 4 is 11.6 Å². The molecule has 2 aromatic heterocycles. The molecule has 0 spiro atoms. The van der Waals surface area contributed by atoms with Crippen molar-refractivity contribution in [2.24, 2.45) is 0 Å². The van der Waals surface area contributed by atoms with Crippen LogP contribution in [0, 0.1) is 0 Å². The van der Waals surface area contributed by atoms with E-state index in [4.69, 9.17) is 0 Å². The third-order valence-corrected chi connectivity index (χ3v) is 2.17. The maximum absolute atomic E-state index is 11.6. The van der Waals surface area contributed by atoms with Crippen molar-refractivity contribution in [1.82, 2.24) is 14.5 Å². The number of amides is 1. The van der Waals surface area contributed by atoms with E-state index in [1.54, 1.807) is 24.5 Å². The number of nitrogens with zero attached hydrogens (tertiary/aromatic N) is 2. The number of carbonyl (C=O) groups is 1. The maximum atomic E-state index is 11.6. The fraction of sp³-hybridized carbons (Fsp3) is 0.0909. The Bertz CT molecular complexity index is 660. The van der Waals surface area contributed by atoms with E-state index in [1.807, 2.05) is 0 Å². The number of aromatic amines is 1. The number of hydrogen-bond acceptors (Lipinski definition) is 4. The molecule has 2 heterocycles. The predicted octanol–water partition coefficient (Wildman–Crippen LogP) is -0.430. The minimum Gasteiger partial charge on any atom is -0.324 e. The van der Waals surface area contributed by atoms with Gasteiger partial charge >= 0.3 is 5.69 Å². The maximum Gasteiger partial charge on any atom is 0.328 e. The first-order valence-corrected chi connectivity index (χ1v) is 5.15.